The van der Waals surface area contributed by atoms with Gasteiger partial charge in [-0.2, -0.15) is 5.10 Å². The second kappa shape index (κ2) is 11.4. The quantitative estimate of drug-likeness (QED) is 0.548. The Labute approximate surface area is 205 Å². The predicted molar refractivity (Wildman–Crippen MR) is 130 cm³/mol. The van der Waals surface area contributed by atoms with E-state index < -0.39 is 11.5 Å². The van der Waals surface area contributed by atoms with Gasteiger partial charge >= 0.3 is 5.91 Å². The van der Waals surface area contributed by atoms with Gasteiger partial charge in [0.25, 0.3) is 0 Å². The van der Waals surface area contributed by atoms with Crippen LogP contribution in [0.15, 0.2) is 24.4 Å². The first-order valence-corrected chi connectivity index (χ1v) is 12.4. The third-order valence-electron chi connectivity index (χ3n) is 6.75. The molecule has 2 aromatic heterocycles. The number of nitrogens with one attached hydrogen (secondary N) is 2. The number of rotatable bonds is 6. The summed E-state index contributed by atoms with van der Waals surface area (Å²) in [5.74, 6) is 5.73. The summed E-state index contributed by atoms with van der Waals surface area (Å²) in [4.78, 5) is 31.5. The highest BCUT2D eigenvalue weighted by Gasteiger charge is 2.29. The van der Waals surface area contributed by atoms with Crippen molar-refractivity contribution in [3.05, 3.63) is 35.7 Å². The van der Waals surface area contributed by atoms with Crippen LogP contribution in [0.1, 0.15) is 75.1 Å². The number of piperidine rings is 1. The minimum Gasteiger partial charge on any atom is -0.481 e. The summed E-state index contributed by atoms with van der Waals surface area (Å²) in [5.41, 5.74) is 0.702. The number of hydrogen-bond acceptors (Lipinski definition) is 6. The Bertz CT molecular complexity index is 1080. The van der Waals surface area contributed by atoms with E-state index in [4.69, 9.17) is 4.74 Å². The third kappa shape index (κ3) is 6.61. The SMILES string of the molecule is COc1ccc(CCC(=O)N2CCCC[C@H]2c2cc(NC(=O)C#CC3(O)CCCCC3)n[nH]2)cn1. The molecule has 186 valence electrons. The van der Waals surface area contributed by atoms with E-state index in [0.29, 0.717) is 43.9 Å². The second-order valence-electron chi connectivity index (χ2n) is 9.31. The van der Waals surface area contributed by atoms with E-state index in [2.05, 4.69) is 32.3 Å². The monoisotopic (exact) mass is 479 g/mol. The number of carbonyl (C=O) groups excluding carboxylic acids is 2. The van der Waals surface area contributed by atoms with E-state index >= 15 is 0 Å². The molecule has 0 spiro atoms. The van der Waals surface area contributed by atoms with Crippen LogP contribution in [0, 0.1) is 11.8 Å². The number of nitrogens with zero attached hydrogens (tertiary/aromatic N) is 3. The first-order chi connectivity index (χ1) is 17.0. The molecule has 9 heteroatoms. The second-order valence-corrected chi connectivity index (χ2v) is 9.31. The summed E-state index contributed by atoms with van der Waals surface area (Å²) in [7, 11) is 1.57. The highest BCUT2D eigenvalue weighted by atomic mass is 16.5. The molecule has 1 saturated carbocycles. The zero-order valence-electron chi connectivity index (χ0n) is 20.2. The lowest BCUT2D eigenvalue weighted by Gasteiger charge is -2.35. The standard InChI is InChI=1S/C26H33N5O4/c1-35-24-10-8-19(18-27-24)9-11-25(33)31-16-6-3-7-21(31)20-17-22(30-29-20)28-23(32)12-15-26(34)13-4-2-5-14-26/h8,10,17-18,21,34H,2-7,9,11,13-14,16H2,1H3,(H2,28,29,30,32)/t21-/m0/s1. The van der Waals surface area contributed by atoms with Gasteiger partial charge in [0.1, 0.15) is 5.60 Å². The molecule has 3 N–H and O–H groups in total. The molecule has 0 aromatic carbocycles. The Morgan fingerprint density at radius 3 is 2.83 bits per heavy atom. The Hall–Kier alpha value is -3.38. The highest BCUT2D eigenvalue weighted by molar-refractivity contribution is 6.03. The first-order valence-electron chi connectivity index (χ1n) is 12.4. The van der Waals surface area contributed by atoms with Gasteiger partial charge in [0.15, 0.2) is 5.82 Å². The molecule has 2 amide bonds. The number of aliphatic hydroxyl groups is 1. The topological polar surface area (TPSA) is 120 Å². The third-order valence-corrected chi connectivity index (χ3v) is 6.75. The van der Waals surface area contributed by atoms with Gasteiger partial charge in [-0.15, -0.1) is 0 Å². The summed E-state index contributed by atoms with van der Waals surface area (Å²) in [6.45, 7) is 0.690. The van der Waals surface area contributed by atoms with E-state index in [1.807, 2.05) is 11.0 Å². The zero-order chi connectivity index (χ0) is 24.7. The molecular weight excluding hydrogens is 446 g/mol. The molecule has 0 radical (unpaired) electrons. The largest absolute Gasteiger partial charge is 0.481 e. The van der Waals surface area contributed by atoms with Gasteiger partial charge in [-0.25, -0.2) is 4.98 Å². The van der Waals surface area contributed by atoms with Crippen LogP contribution in [0.2, 0.25) is 0 Å². The number of hydrogen-bond donors (Lipinski definition) is 3. The minimum atomic E-state index is -1.07. The molecular formula is C26H33N5O4. The fraction of sp³-hybridized carbons (Fsp3) is 0.538. The van der Waals surface area contributed by atoms with Crippen LogP contribution in [0.4, 0.5) is 5.82 Å². The van der Waals surface area contributed by atoms with Gasteiger partial charge in [0, 0.05) is 31.3 Å². The molecule has 2 fully saturated rings. The summed E-state index contributed by atoms with van der Waals surface area (Å²) in [6, 6.07) is 5.37. The molecule has 1 aliphatic heterocycles. The Morgan fingerprint density at radius 2 is 2.09 bits per heavy atom. The van der Waals surface area contributed by atoms with Crippen molar-refractivity contribution >= 4 is 17.6 Å². The number of aromatic nitrogens is 3. The first kappa shape index (κ1) is 24.7. The van der Waals surface area contributed by atoms with Crippen molar-refractivity contribution in [1.29, 1.82) is 0 Å². The van der Waals surface area contributed by atoms with Crippen LogP contribution >= 0.6 is 0 Å². The van der Waals surface area contributed by atoms with Gasteiger partial charge in [-0.3, -0.25) is 20.0 Å². The number of likely N-dealkylation sites (tertiary alicyclic amines) is 1. The minimum absolute atomic E-state index is 0.0808. The number of H-pyrrole nitrogens is 1. The molecule has 3 heterocycles. The molecule has 1 saturated heterocycles. The summed E-state index contributed by atoms with van der Waals surface area (Å²) < 4.78 is 5.08. The maximum atomic E-state index is 13.1. The molecule has 2 aromatic rings. The molecule has 2 aliphatic rings. The molecule has 1 atom stereocenters. The molecule has 0 bridgehead atoms. The summed E-state index contributed by atoms with van der Waals surface area (Å²) in [5, 5.41) is 20.3. The van der Waals surface area contributed by atoms with E-state index in [1.54, 1.807) is 25.4 Å². The van der Waals surface area contributed by atoms with E-state index in [0.717, 1.165) is 49.8 Å². The predicted octanol–water partition coefficient (Wildman–Crippen LogP) is 3.14. The van der Waals surface area contributed by atoms with Crippen molar-refractivity contribution < 1.29 is 19.4 Å². The summed E-state index contributed by atoms with van der Waals surface area (Å²) >= 11 is 0. The van der Waals surface area contributed by atoms with Crippen molar-refractivity contribution in [1.82, 2.24) is 20.1 Å². The van der Waals surface area contributed by atoms with Crippen LogP contribution in [0.3, 0.4) is 0 Å². The Morgan fingerprint density at radius 1 is 1.26 bits per heavy atom. The fourth-order valence-corrected chi connectivity index (χ4v) is 4.78. The Kier molecular flexibility index (Phi) is 8.03. The van der Waals surface area contributed by atoms with Gasteiger partial charge in [0.2, 0.25) is 11.8 Å². The number of anilines is 1. The maximum Gasteiger partial charge on any atom is 0.301 e. The van der Waals surface area contributed by atoms with Gasteiger partial charge < -0.3 is 14.7 Å². The number of aryl methyl sites for hydroxylation is 1. The number of carbonyl (C=O) groups is 2. The average Bonchev–Trinajstić information content (AvgIpc) is 3.35. The van der Waals surface area contributed by atoms with Crippen molar-refractivity contribution in [2.45, 2.75) is 75.9 Å². The van der Waals surface area contributed by atoms with Crippen molar-refractivity contribution in [3.63, 3.8) is 0 Å². The maximum absolute atomic E-state index is 13.1. The van der Waals surface area contributed by atoms with Gasteiger partial charge in [-0.1, -0.05) is 18.4 Å². The lowest BCUT2D eigenvalue weighted by Crippen LogP contribution is -2.38. The van der Waals surface area contributed by atoms with E-state index in [1.165, 1.54) is 0 Å². The number of ether oxygens (including phenoxy) is 1. The highest BCUT2D eigenvalue weighted by Crippen LogP contribution is 2.31. The zero-order valence-corrected chi connectivity index (χ0v) is 20.2. The molecule has 9 nitrogen and oxygen atoms in total. The number of amides is 2. The number of methoxy groups -OCH3 is 1. The summed E-state index contributed by atoms with van der Waals surface area (Å²) in [6.07, 6.45) is 9.66. The van der Waals surface area contributed by atoms with E-state index in [-0.39, 0.29) is 11.9 Å². The van der Waals surface area contributed by atoms with Gasteiger partial charge in [-0.05, 0) is 62.9 Å². The number of pyridine rings is 1. The fourth-order valence-electron chi connectivity index (χ4n) is 4.78. The lowest BCUT2D eigenvalue weighted by atomic mass is 9.85. The Balaban J connectivity index is 1.35. The van der Waals surface area contributed by atoms with Crippen LogP contribution in [-0.4, -0.2) is 56.3 Å². The molecule has 1 aliphatic carbocycles. The van der Waals surface area contributed by atoms with Crippen LogP contribution in [-0.2, 0) is 16.0 Å². The van der Waals surface area contributed by atoms with Crippen molar-refractivity contribution in [3.8, 4) is 17.7 Å². The molecule has 4 rings (SSSR count). The smallest absolute Gasteiger partial charge is 0.301 e. The van der Waals surface area contributed by atoms with Crippen molar-refractivity contribution in [2.75, 3.05) is 19.0 Å². The van der Waals surface area contributed by atoms with E-state index in [9.17, 15) is 14.7 Å². The number of aromatic amines is 1. The lowest BCUT2D eigenvalue weighted by molar-refractivity contribution is -0.135. The average molecular weight is 480 g/mol. The van der Waals surface area contributed by atoms with Crippen LogP contribution in [0.5, 0.6) is 5.88 Å². The van der Waals surface area contributed by atoms with Crippen LogP contribution in [0.25, 0.3) is 0 Å². The normalized spacial score (nSPS) is 19.4. The molecule has 35 heavy (non-hydrogen) atoms. The van der Waals surface area contributed by atoms with Crippen LogP contribution < -0.4 is 10.1 Å². The molecule has 0 unspecified atom stereocenters. The van der Waals surface area contributed by atoms with Crippen molar-refractivity contribution in [2.24, 2.45) is 0 Å². The van der Waals surface area contributed by atoms with Gasteiger partial charge in [0.05, 0.1) is 18.8 Å².